The molecular formula is C15H22F3N3O. The Morgan fingerprint density at radius 3 is 2.50 bits per heavy atom. The van der Waals surface area contributed by atoms with E-state index < -0.39 is 6.36 Å². The van der Waals surface area contributed by atoms with Crippen molar-refractivity contribution in [2.24, 2.45) is 0 Å². The number of nitrogen functional groups attached to an aromatic ring is 1. The minimum Gasteiger partial charge on any atom is -0.406 e. The summed E-state index contributed by atoms with van der Waals surface area (Å²) in [5.41, 5.74) is 7.05. The van der Waals surface area contributed by atoms with Gasteiger partial charge in [0, 0.05) is 31.9 Å². The van der Waals surface area contributed by atoms with Crippen molar-refractivity contribution in [1.29, 1.82) is 0 Å². The van der Waals surface area contributed by atoms with Gasteiger partial charge in [-0.25, -0.2) is 0 Å². The molecule has 1 saturated heterocycles. The molecule has 0 amide bonds. The number of nitrogens with zero attached hydrogens (tertiary/aromatic N) is 2. The Morgan fingerprint density at radius 1 is 1.18 bits per heavy atom. The Labute approximate surface area is 128 Å². The third-order valence-electron chi connectivity index (χ3n) is 3.86. The SMILES string of the molecule is CN1CCN(CCCc2cc(OC(F)(F)F)ccc2N)CC1. The number of benzene rings is 1. The number of halogens is 3. The van der Waals surface area contributed by atoms with E-state index in [1.807, 2.05) is 0 Å². The molecule has 0 aromatic heterocycles. The van der Waals surface area contributed by atoms with Crippen molar-refractivity contribution in [2.75, 3.05) is 45.5 Å². The van der Waals surface area contributed by atoms with Gasteiger partial charge >= 0.3 is 6.36 Å². The van der Waals surface area contributed by atoms with Crippen LogP contribution in [0.4, 0.5) is 18.9 Å². The summed E-state index contributed by atoms with van der Waals surface area (Å²) < 4.78 is 40.6. The van der Waals surface area contributed by atoms with Crippen molar-refractivity contribution in [3.63, 3.8) is 0 Å². The van der Waals surface area contributed by atoms with Gasteiger partial charge in [-0.2, -0.15) is 0 Å². The number of rotatable bonds is 5. The largest absolute Gasteiger partial charge is 0.573 e. The molecule has 1 aliphatic rings. The minimum atomic E-state index is -4.67. The van der Waals surface area contributed by atoms with Crippen molar-refractivity contribution < 1.29 is 17.9 Å². The van der Waals surface area contributed by atoms with E-state index in [9.17, 15) is 13.2 Å². The molecule has 2 N–H and O–H groups in total. The number of alkyl halides is 3. The van der Waals surface area contributed by atoms with E-state index in [1.165, 1.54) is 18.2 Å². The molecule has 0 atom stereocenters. The van der Waals surface area contributed by atoms with Crippen molar-refractivity contribution in [3.05, 3.63) is 23.8 Å². The maximum Gasteiger partial charge on any atom is 0.573 e. The number of aryl methyl sites for hydroxylation is 1. The summed E-state index contributed by atoms with van der Waals surface area (Å²) in [7, 11) is 2.10. The summed E-state index contributed by atoms with van der Waals surface area (Å²) >= 11 is 0. The number of anilines is 1. The zero-order valence-corrected chi connectivity index (χ0v) is 12.7. The fourth-order valence-corrected chi connectivity index (χ4v) is 2.56. The Morgan fingerprint density at radius 2 is 1.86 bits per heavy atom. The first-order valence-electron chi connectivity index (χ1n) is 7.38. The number of likely N-dealkylation sites (N-methyl/N-ethyl adjacent to an activating group) is 1. The second-order valence-corrected chi connectivity index (χ2v) is 5.66. The third-order valence-corrected chi connectivity index (χ3v) is 3.86. The Balaban J connectivity index is 1.85. The van der Waals surface area contributed by atoms with Gasteiger partial charge in [0.2, 0.25) is 0 Å². The Hall–Kier alpha value is -1.47. The normalized spacial score (nSPS) is 17.6. The van der Waals surface area contributed by atoms with Crippen LogP contribution in [0.3, 0.4) is 0 Å². The quantitative estimate of drug-likeness (QED) is 0.847. The van der Waals surface area contributed by atoms with Gasteiger partial charge in [-0.15, -0.1) is 13.2 Å². The average Bonchev–Trinajstić information content (AvgIpc) is 2.43. The molecular weight excluding hydrogens is 295 g/mol. The van der Waals surface area contributed by atoms with Gasteiger partial charge in [0.05, 0.1) is 0 Å². The van der Waals surface area contributed by atoms with Crippen molar-refractivity contribution >= 4 is 5.69 Å². The highest BCUT2D eigenvalue weighted by Gasteiger charge is 2.31. The first-order chi connectivity index (χ1) is 10.3. The summed E-state index contributed by atoms with van der Waals surface area (Å²) in [6.07, 6.45) is -3.16. The number of hydrogen-bond acceptors (Lipinski definition) is 4. The van der Waals surface area contributed by atoms with E-state index in [0.29, 0.717) is 17.7 Å². The van der Waals surface area contributed by atoms with Crippen molar-refractivity contribution in [3.8, 4) is 5.75 Å². The smallest absolute Gasteiger partial charge is 0.406 e. The molecule has 0 aliphatic carbocycles. The highest BCUT2D eigenvalue weighted by molar-refractivity contribution is 5.50. The summed E-state index contributed by atoms with van der Waals surface area (Å²) in [6, 6.07) is 4.09. The van der Waals surface area contributed by atoms with Crippen LogP contribution < -0.4 is 10.5 Å². The molecule has 1 heterocycles. The molecule has 1 aromatic carbocycles. The molecule has 7 heteroatoms. The number of piperazine rings is 1. The van der Waals surface area contributed by atoms with Gasteiger partial charge in [-0.05, 0) is 50.2 Å². The lowest BCUT2D eigenvalue weighted by atomic mass is 10.1. The highest BCUT2D eigenvalue weighted by Crippen LogP contribution is 2.26. The van der Waals surface area contributed by atoms with Crippen LogP contribution in [0.15, 0.2) is 18.2 Å². The molecule has 2 rings (SSSR count). The van der Waals surface area contributed by atoms with E-state index in [0.717, 1.165) is 39.1 Å². The summed E-state index contributed by atoms with van der Waals surface area (Å²) in [5.74, 6) is -0.212. The predicted molar refractivity (Wildman–Crippen MR) is 79.8 cm³/mol. The fraction of sp³-hybridized carbons (Fsp3) is 0.600. The fourth-order valence-electron chi connectivity index (χ4n) is 2.56. The molecule has 22 heavy (non-hydrogen) atoms. The molecule has 0 unspecified atom stereocenters. The first kappa shape index (κ1) is 16.9. The van der Waals surface area contributed by atoms with Gasteiger partial charge in [0.1, 0.15) is 5.75 Å². The molecule has 0 bridgehead atoms. The Bertz CT molecular complexity index is 485. The zero-order valence-electron chi connectivity index (χ0n) is 12.7. The minimum absolute atomic E-state index is 0.212. The van der Waals surface area contributed by atoms with Crippen molar-refractivity contribution in [1.82, 2.24) is 9.80 Å². The number of nitrogens with two attached hydrogens (primary N) is 1. The van der Waals surface area contributed by atoms with Gasteiger partial charge < -0.3 is 20.3 Å². The monoisotopic (exact) mass is 317 g/mol. The van der Waals surface area contributed by atoms with Crippen molar-refractivity contribution in [2.45, 2.75) is 19.2 Å². The Kier molecular flexibility index (Phi) is 5.52. The van der Waals surface area contributed by atoms with Gasteiger partial charge in [-0.3, -0.25) is 0 Å². The third kappa shape index (κ3) is 5.38. The van der Waals surface area contributed by atoms with Crippen LogP contribution in [0.5, 0.6) is 5.75 Å². The molecule has 0 saturated carbocycles. The zero-order chi connectivity index (χ0) is 16.2. The molecule has 1 fully saturated rings. The van der Waals surface area contributed by atoms with E-state index >= 15 is 0 Å². The number of ether oxygens (including phenoxy) is 1. The van der Waals surface area contributed by atoms with Crippen LogP contribution in [0.2, 0.25) is 0 Å². The number of hydrogen-bond donors (Lipinski definition) is 1. The lowest BCUT2D eigenvalue weighted by molar-refractivity contribution is -0.274. The molecule has 1 aliphatic heterocycles. The molecule has 4 nitrogen and oxygen atoms in total. The molecule has 0 spiro atoms. The standard InChI is InChI=1S/C15H22F3N3O/c1-20-7-9-21(10-8-20)6-2-3-12-11-13(4-5-14(12)19)22-15(16,17)18/h4-5,11H,2-3,6-10,19H2,1H3. The molecule has 1 aromatic rings. The van der Waals surface area contributed by atoms with Crippen LogP contribution in [0.25, 0.3) is 0 Å². The lowest BCUT2D eigenvalue weighted by Gasteiger charge is -2.32. The van der Waals surface area contributed by atoms with Gasteiger partial charge in [0.15, 0.2) is 0 Å². The van der Waals surface area contributed by atoms with Crippen LogP contribution in [0.1, 0.15) is 12.0 Å². The van der Waals surface area contributed by atoms with E-state index in [-0.39, 0.29) is 5.75 Å². The molecule has 0 radical (unpaired) electrons. The lowest BCUT2D eigenvalue weighted by Crippen LogP contribution is -2.44. The van der Waals surface area contributed by atoms with E-state index in [4.69, 9.17) is 5.73 Å². The second-order valence-electron chi connectivity index (χ2n) is 5.66. The summed E-state index contributed by atoms with van der Waals surface area (Å²) in [5, 5.41) is 0. The summed E-state index contributed by atoms with van der Waals surface area (Å²) in [4.78, 5) is 4.65. The maximum atomic E-state index is 12.2. The van der Waals surface area contributed by atoms with Crippen LogP contribution in [-0.2, 0) is 6.42 Å². The van der Waals surface area contributed by atoms with Gasteiger partial charge in [-0.1, -0.05) is 0 Å². The van der Waals surface area contributed by atoms with Crippen LogP contribution in [-0.4, -0.2) is 55.9 Å². The summed E-state index contributed by atoms with van der Waals surface area (Å²) in [6.45, 7) is 5.10. The topological polar surface area (TPSA) is 41.7 Å². The highest BCUT2D eigenvalue weighted by atomic mass is 19.4. The van der Waals surface area contributed by atoms with E-state index in [2.05, 4.69) is 21.6 Å². The second kappa shape index (κ2) is 7.19. The van der Waals surface area contributed by atoms with E-state index in [1.54, 1.807) is 0 Å². The van der Waals surface area contributed by atoms with Crippen LogP contribution in [0, 0.1) is 0 Å². The molecule has 124 valence electrons. The maximum absolute atomic E-state index is 12.2. The average molecular weight is 317 g/mol. The predicted octanol–water partition coefficient (Wildman–Crippen LogP) is 2.35. The first-order valence-corrected chi connectivity index (χ1v) is 7.38. The van der Waals surface area contributed by atoms with Crippen LogP contribution >= 0.6 is 0 Å². The van der Waals surface area contributed by atoms with Gasteiger partial charge in [0.25, 0.3) is 0 Å².